The fourth-order valence-corrected chi connectivity index (χ4v) is 3.76. The fraction of sp³-hybridized carbons (Fsp3) is 0.222. The maximum Gasteiger partial charge on any atom is 0.240 e. The summed E-state index contributed by atoms with van der Waals surface area (Å²) in [6, 6.07) is 9.35. The number of carbonyl (C=O) groups is 2. The van der Waals surface area contributed by atoms with Crippen LogP contribution in [0.4, 0.5) is 10.1 Å². The predicted molar refractivity (Wildman–Crippen MR) is 95.1 cm³/mol. The van der Waals surface area contributed by atoms with Crippen LogP contribution in [0.1, 0.15) is 18.4 Å². The van der Waals surface area contributed by atoms with Crippen molar-refractivity contribution >= 4 is 27.5 Å². The van der Waals surface area contributed by atoms with Gasteiger partial charge in [-0.1, -0.05) is 12.1 Å². The SMILES string of the molecule is COc1ccc(S(=O)(=O)NCc2ccc(F)cc2)cc1N1C(=O)CCC1=O. The molecule has 7 nitrogen and oxygen atoms in total. The molecule has 2 amide bonds. The summed E-state index contributed by atoms with van der Waals surface area (Å²) < 4.78 is 45.7. The summed E-state index contributed by atoms with van der Waals surface area (Å²) in [6.45, 7) is -0.0362. The minimum Gasteiger partial charge on any atom is -0.495 e. The minimum atomic E-state index is -3.93. The quantitative estimate of drug-likeness (QED) is 0.759. The molecule has 0 spiro atoms. The van der Waals surface area contributed by atoms with Crippen molar-refractivity contribution in [3.8, 4) is 5.75 Å². The topological polar surface area (TPSA) is 92.8 Å². The fourth-order valence-electron chi connectivity index (χ4n) is 2.72. The number of nitrogens with one attached hydrogen (secondary N) is 1. The third-order valence-corrected chi connectivity index (χ3v) is 5.53. The number of anilines is 1. The van der Waals surface area contributed by atoms with Crippen molar-refractivity contribution in [1.29, 1.82) is 0 Å². The number of sulfonamides is 1. The maximum atomic E-state index is 12.9. The minimum absolute atomic E-state index is 0.0362. The zero-order valence-corrected chi connectivity index (χ0v) is 15.3. The van der Waals surface area contributed by atoms with Crippen molar-refractivity contribution in [2.24, 2.45) is 0 Å². The molecule has 2 aromatic carbocycles. The molecule has 1 aliphatic rings. The molecule has 0 unspecified atom stereocenters. The zero-order valence-electron chi connectivity index (χ0n) is 14.4. The Morgan fingerprint density at radius 3 is 2.30 bits per heavy atom. The molecule has 9 heteroatoms. The first-order valence-corrected chi connectivity index (χ1v) is 9.58. The van der Waals surface area contributed by atoms with E-state index in [1.54, 1.807) is 0 Å². The van der Waals surface area contributed by atoms with E-state index in [4.69, 9.17) is 4.74 Å². The van der Waals surface area contributed by atoms with Gasteiger partial charge in [-0.05, 0) is 35.9 Å². The van der Waals surface area contributed by atoms with E-state index in [9.17, 15) is 22.4 Å². The molecule has 0 bridgehead atoms. The highest BCUT2D eigenvalue weighted by Crippen LogP contribution is 2.34. The van der Waals surface area contributed by atoms with Gasteiger partial charge in [0.15, 0.2) is 0 Å². The largest absolute Gasteiger partial charge is 0.495 e. The lowest BCUT2D eigenvalue weighted by atomic mass is 10.2. The number of carbonyl (C=O) groups excluding carboxylic acids is 2. The lowest BCUT2D eigenvalue weighted by molar-refractivity contribution is -0.121. The third kappa shape index (κ3) is 3.99. The molecule has 3 rings (SSSR count). The molecule has 1 aliphatic heterocycles. The summed E-state index contributed by atoms with van der Waals surface area (Å²) in [4.78, 5) is 24.8. The predicted octanol–water partition coefficient (Wildman–Crippen LogP) is 1.97. The van der Waals surface area contributed by atoms with Crippen LogP contribution in [0.5, 0.6) is 5.75 Å². The van der Waals surface area contributed by atoms with E-state index in [1.807, 2.05) is 0 Å². The van der Waals surface area contributed by atoms with Crippen molar-refractivity contribution in [2.45, 2.75) is 24.3 Å². The Kier molecular flexibility index (Phi) is 5.24. The third-order valence-electron chi connectivity index (χ3n) is 4.13. The molecule has 1 fully saturated rings. The van der Waals surface area contributed by atoms with Gasteiger partial charge in [0, 0.05) is 19.4 Å². The lowest BCUT2D eigenvalue weighted by Crippen LogP contribution is -2.29. The van der Waals surface area contributed by atoms with Crippen LogP contribution < -0.4 is 14.4 Å². The van der Waals surface area contributed by atoms with Crippen LogP contribution in [-0.4, -0.2) is 27.3 Å². The van der Waals surface area contributed by atoms with Crippen LogP contribution >= 0.6 is 0 Å². The molecule has 0 radical (unpaired) electrons. The number of benzene rings is 2. The highest BCUT2D eigenvalue weighted by Gasteiger charge is 2.33. The van der Waals surface area contributed by atoms with Gasteiger partial charge in [-0.2, -0.15) is 0 Å². The van der Waals surface area contributed by atoms with Crippen LogP contribution in [0.3, 0.4) is 0 Å². The second-order valence-corrected chi connectivity index (χ2v) is 7.67. The number of ether oxygens (including phenoxy) is 1. The van der Waals surface area contributed by atoms with Gasteiger partial charge in [0.05, 0.1) is 17.7 Å². The first kappa shape index (κ1) is 19.0. The number of halogens is 1. The van der Waals surface area contributed by atoms with Gasteiger partial charge in [0.25, 0.3) is 0 Å². The Morgan fingerprint density at radius 1 is 1.07 bits per heavy atom. The van der Waals surface area contributed by atoms with Crippen molar-refractivity contribution in [3.05, 3.63) is 53.8 Å². The summed E-state index contributed by atoms with van der Waals surface area (Å²) in [5, 5.41) is 0. The molecule has 0 atom stereocenters. The number of imide groups is 1. The average molecular weight is 392 g/mol. The molecule has 0 aliphatic carbocycles. The van der Waals surface area contributed by atoms with E-state index < -0.39 is 27.7 Å². The molecule has 1 saturated heterocycles. The number of methoxy groups -OCH3 is 1. The molecule has 1 heterocycles. The molecular formula is C18H17FN2O5S. The van der Waals surface area contributed by atoms with Crippen LogP contribution in [0, 0.1) is 5.82 Å². The summed E-state index contributed by atoms with van der Waals surface area (Å²) in [6.07, 6.45) is 0.142. The van der Waals surface area contributed by atoms with Gasteiger partial charge in [-0.15, -0.1) is 0 Å². The van der Waals surface area contributed by atoms with E-state index in [0.717, 1.165) is 4.90 Å². The van der Waals surface area contributed by atoms with Crippen molar-refractivity contribution in [3.63, 3.8) is 0 Å². The average Bonchev–Trinajstić information content (AvgIpc) is 2.99. The highest BCUT2D eigenvalue weighted by atomic mass is 32.2. The number of nitrogens with zero attached hydrogens (tertiary/aromatic N) is 1. The second-order valence-electron chi connectivity index (χ2n) is 5.91. The number of rotatable bonds is 6. The van der Waals surface area contributed by atoms with Gasteiger partial charge < -0.3 is 4.74 Å². The van der Waals surface area contributed by atoms with Gasteiger partial charge in [-0.3, -0.25) is 9.59 Å². The van der Waals surface area contributed by atoms with E-state index in [1.165, 1.54) is 49.6 Å². The Balaban J connectivity index is 1.89. The first-order chi connectivity index (χ1) is 12.8. The number of amides is 2. The van der Waals surface area contributed by atoms with Gasteiger partial charge >= 0.3 is 0 Å². The van der Waals surface area contributed by atoms with Gasteiger partial charge in [-0.25, -0.2) is 22.4 Å². The highest BCUT2D eigenvalue weighted by molar-refractivity contribution is 7.89. The number of hydrogen-bond acceptors (Lipinski definition) is 5. The van der Waals surface area contributed by atoms with E-state index in [0.29, 0.717) is 5.56 Å². The summed E-state index contributed by atoms with van der Waals surface area (Å²) in [7, 11) is -2.56. The molecule has 142 valence electrons. The van der Waals surface area contributed by atoms with E-state index >= 15 is 0 Å². The van der Waals surface area contributed by atoms with E-state index in [2.05, 4.69) is 4.72 Å². The van der Waals surface area contributed by atoms with Crippen LogP contribution in [0.2, 0.25) is 0 Å². The van der Waals surface area contributed by atoms with E-state index in [-0.39, 0.29) is 35.7 Å². The lowest BCUT2D eigenvalue weighted by Gasteiger charge is -2.18. The number of hydrogen-bond donors (Lipinski definition) is 1. The summed E-state index contributed by atoms with van der Waals surface area (Å²) in [5.41, 5.74) is 0.674. The Labute approximate surface area is 155 Å². The van der Waals surface area contributed by atoms with Crippen molar-refractivity contribution < 1.29 is 27.1 Å². The second kappa shape index (κ2) is 7.45. The molecule has 1 N–H and O–H groups in total. The van der Waals surface area contributed by atoms with Crippen LogP contribution in [0.15, 0.2) is 47.4 Å². The molecule has 27 heavy (non-hydrogen) atoms. The Morgan fingerprint density at radius 2 is 1.70 bits per heavy atom. The zero-order chi connectivity index (χ0) is 19.6. The molecule has 0 saturated carbocycles. The molecular weight excluding hydrogens is 375 g/mol. The Bertz CT molecular complexity index is 973. The van der Waals surface area contributed by atoms with Crippen LogP contribution in [-0.2, 0) is 26.2 Å². The summed E-state index contributed by atoms with van der Waals surface area (Å²) in [5.74, 6) is -1.02. The van der Waals surface area contributed by atoms with Gasteiger partial charge in [0.2, 0.25) is 21.8 Å². The van der Waals surface area contributed by atoms with Crippen molar-refractivity contribution in [1.82, 2.24) is 4.72 Å². The standard InChI is InChI=1S/C18H17FN2O5S/c1-26-16-7-6-14(10-15(16)21-17(22)8-9-18(21)23)27(24,25)20-11-12-2-4-13(19)5-3-12/h2-7,10,20H,8-9,11H2,1H3. The first-order valence-electron chi connectivity index (χ1n) is 8.10. The molecule has 2 aromatic rings. The molecule has 0 aromatic heterocycles. The Hall–Kier alpha value is -2.78. The monoisotopic (exact) mass is 392 g/mol. The maximum absolute atomic E-state index is 12.9. The normalized spacial score (nSPS) is 14.7. The van der Waals surface area contributed by atoms with Crippen LogP contribution in [0.25, 0.3) is 0 Å². The van der Waals surface area contributed by atoms with Crippen molar-refractivity contribution in [2.75, 3.05) is 12.0 Å². The smallest absolute Gasteiger partial charge is 0.240 e. The summed E-state index contributed by atoms with van der Waals surface area (Å²) >= 11 is 0. The van der Waals surface area contributed by atoms with Gasteiger partial charge in [0.1, 0.15) is 11.6 Å².